The Morgan fingerprint density at radius 1 is 0.627 bits per heavy atom. The zero-order valence-corrected chi connectivity index (χ0v) is 43.6. The Morgan fingerprint density at radius 3 is 1.37 bits per heavy atom. The van der Waals surface area contributed by atoms with Gasteiger partial charge in [0, 0.05) is 60.3 Å². The standard InChI is InChI=1S/C25H32Cl2N2O4.C13H10Cl3NO.C12H23NO3/c1-25(2,3)32-24(30)29(4)16-10-12-17(13-11-16)31-14-18-22(28-33-23(18)15-8-9-15)21-19(26)6-5-7-20(21)27;14-6-8-12(17-18-13(8)7-4-5-7)11-9(15)2-1-3-10(11)16;1-12(2,3)16-11(15)13(4)9-5-7-10(14)8-6-9/h5-7,15-17H,8-14H2,1-4H3;1-3,7H,4-6H2;9-10,14H,5-8H2,1-4H3. The van der Waals surface area contributed by atoms with E-state index in [1.165, 1.54) is 0 Å². The fourth-order valence-electron chi connectivity index (χ4n) is 8.30. The van der Waals surface area contributed by atoms with Crippen LogP contribution in [-0.2, 0) is 26.7 Å². The third-order valence-corrected chi connectivity index (χ3v) is 13.8. The van der Waals surface area contributed by atoms with Crippen molar-refractivity contribution >= 4 is 70.2 Å². The van der Waals surface area contributed by atoms with Gasteiger partial charge in [0.15, 0.2) is 0 Å². The molecule has 0 unspecified atom stereocenters. The lowest BCUT2D eigenvalue weighted by atomic mass is 9.92. The van der Waals surface area contributed by atoms with Crippen LogP contribution >= 0.6 is 58.0 Å². The van der Waals surface area contributed by atoms with Gasteiger partial charge in [0.05, 0.1) is 44.8 Å². The van der Waals surface area contributed by atoms with Crippen molar-refractivity contribution < 1.29 is 38.0 Å². The molecule has 2 aromatic carbocycles. The van der Waals surface area contributed by atoms with Gasteiger partial charge in [-0.05, 0) is 143 Å². The molecule has 1 N–H and O–H groups in total. The van der Waals surface area contributed by atoms with E-state index >= 15 is 0 Å². The average molecular weight is 1030 g/mol. The molecule has 368 valence electrons. The summed E-state index contributed by atoms with van der Waals surface area (Å²) in [5.41, 5.74) is 3.65. The normalized spacial score (nSPS) is 20.7. The highest BCUT2D eigenvalue weighted by Crippen LogP contribution is 2.48. The van der Waals surface area contributed by atoms with E-state index in [4.69, 9.17) is 81.3 Å². The van der Waals surface area contributed by atoms with Crippen LogP contribution in [0.2, 0.25) is 20.1 Å². The summed E-state index contributed by atoms with van der Waals surface area (Å²) < 4.78 is 28.3. The molecule has 4 aromatic rings. The van der Waals surface area contributed by atoms with Gasteiger partial charge in [-0.25, -0.2) is 9.59 Å². The predicted molar refractivity (Wildman–Crippen MR) is 265 cm³/mol. The molecule has 8 rings (SSSR count). The van der Waals surface area contributed by atoms with Crippen LogP contribution in [0, 0.1) is 0 Å². The van der Waals surface area contributed by atoms with E-state index in [1.807, 2.05) is 54.7 Å². The number of carbonyl (C=O) groups excluding carboxylic acids is 2. The van der Waals surface area contributed by atoms with Crippen LogP contribution < -0.4 is 0 Å². The third kappa shape index (κ3) is 14.7. The second kappa shape index (κ2) is 23.1. The van der Waals surface area contributed by atoms with Crippen molar-refractivity contribution in [1.82, 2.24) is 20.1 Å². The fourth-order valence-corrected chi connectivity index (χ4v) is 9.71. The molecule has 2 heterocycles. The summed E-state index contributed by atoms with van der Waals surface area (Å²) >= 11 is 31.3. The molecule has 0 saturated heterocycles. The number of hydrogen-bond acceptors (Lipinski definition) is 10. The van der Waals surface area contributed by atoms with Crippen molar-refractivity contribution in [3.05, 3.63) is 79.1 Å². The molecule has 2 aromatic heterocycles. The topological polar surface area (TPSA) is 141 Å². The first-order valence-corrected chi connectivity index (χ1v) is 25.3. The van der Waals surface area contributed by atoms with Crippen LogP contribution in [0.25, 0.3) is 22.5 Å². The molecule has 4 aliphatic carbocycles. The Bertz CT molecular complexity index is 2240. The molecule has 17 heteroatoms. The first kappa shape index (κ1) is 53.1. The monoisotopic (exact) mass is 1020 g/mol. The minimum atomic E-state index is -0.494. The third-order valence-electron chi connectivity index (χ3n) is 12.3. The van der Waals surface area contributed by atoms with Gasteiger partial charge in [-0.15, -0.1) is 11.6 Å². The number of benzene rings is 2. The number of alkyl halides is 1. The Morgan fingerprint density at radius 2 is 1.00 bits per heavy atom. The van der Waals surface area contributed by atoms with Crippen molar-refractivity contribution in [3.63, 3.8) is 0 Å². The minimum Gasteiger partial charge on any atom is -0.444 e. The van der Waals surface area contributed by atoms with Crippen LogP contribution in [0.5, 0.6) is 0 Å². The van der Waals surface area contributed by atoms with Crippen LogP contribution in [0.3, 0.4) is 0 Å². The van der Waals surface area contributed by atoms with Crippen molar-refractivity contribution in [2.45, 2.75) is 178 Å². The number of amides is 2. The summed E-state index contributed by atoms with van der Waals surface area (Å²) in [6.07, 6.45) is 10.6. The molecule has 0 spiro atoms. The van der Waals surface area contributed by atoms with Crippen molar-refractivity contribution in [2.75, 3.05) is 14.1 Å². The van der Waals surface area contributed by atoms with Crippen molar-refractivity contribution in [2.24, 2.45) is 0 Å². The lowest BCUT2D eigenvalue weighted by Crippen LogP contribution is -2.43. The predicted octanol–water partition coefficient (Wildman–Crippen LogP) is 14.6. The summed E-state index contributed by atoms with van der Waals surface area (Å²) in [6.45, 7) is 11.6. The maximum atomic E-state index is 12.4. The number of nitrogens with zero attached hydrogens (tertiary/aromatic N) is 4. The molecular formula is C50H65Cl5N4O8. The SMILES string of the molecule is CN(C(=O)OC(C)(C)C)C1CCC(O)CC1.CN(C(=O)OC(C)(C)C)C1CCC(OCc2c(-c3c(Cl)cccc3Cl)noc2C2CC2)CC1.ClCc1c(-c2c(Cl)cccc2Cl)noc1C1CC1. The second-order valence-corrected chi connectivity index (χ2v) is 21.9. The minimum absolute atomic E-state index is 0.116. The van der Waals surface area contributed by atoms with Gasteiger partial charge in [0.25, 0.3) is 0 Å². The number of hydrogen-bond donors (Lipinski definition) is 1. The Balaban J connectivity index is 0.000000183. The zero-order valence-electron chi connectivity index (χ0n) is 39.8. The van der Waals surface area contributed by atoms with Crippen LogP contribution in [0.4, 0.5) is 9.59 Å². The number of halogens is 5. The van der Waals surface area contributed by atoms with Gasteiger partial charge in [0.2, 0.25) is 0 Å². The molecule has 4 aliphatic rings. The van der Waals surface area contributed by atoms with Crippen molar-refractivity contribution in [3.8, 4) is 22.5 Å². The number of ether oxygens (including phenoxy) is 3. The van der Waals surface area contributed by atoms with E-state index in [-0.39, 0.29) is 36.5 Å². The zero-order chi connectivity index (χ0) is 48.8. The lowest BCUT2D eigenvalue weighted by molar-refractivity contribution is -0.0109. The molecule has 4 saturated carbocycles. The molecular weight excluding hydrogens is 962 g/mol. The number of carbonyl (C=O) groups is 2. The summed E-state index contributed by atoms with van der Waals surface area (Å²) in [6, 6.07) is 11.2. The van der Waals surface area contributed by atoms with Gasteiger partial charge < -0.3 is 38.2 Å². The average Bonchev–Trinajstić information content (AvgIpc) is 4.21. The lowest BCUT2D eigenvalue weighted by Gasteiger charge is -2.35. The van der Waals surface area contributed by atoms with E-state index < -0.39 is 11.2 Å². The van der Waals surface area contributed by atoms with E-state index in [0.717, 1.165) is 99.7 Å². The van der Waals surface area contributed by atoms with E-state index in [9.17, 15) is 14.7 Å². The van der Waals surface area contributed by atoms with Gasteiger partial charge in [-0.3, -0.25) is 0 Å². The molecule has 12 nitrogen and oxygen atoms in total. The molecule has 67 heavy (non-hydrogen) atoms. The maximum Gasteiger partial charge on any atom is 0.410 e. The molecule has 0 bridgehead atoms. The van der Waals surface area contributed by atoms with E-state index in [0.29, 0.717) is 66.9 Å². The van der Waals surface area contributed by atoms with Crippen LogP contribution in [-0.4, -0.2) is 87.0 Å². The van der Waals surface area contributed by atoms with Gasteiger partial charge in [-0.2, -0.15) is 0 Å². The van der Waals surface area contributed by atoms with Crippen LogP contribution in [0.1, 0.15) is 153 Å². The Kier molecular flexibility index (Phi) is 18.3. The molecule has 0 atom stereocenters. The van der Waals surface area contributed by atoms with Gasteiger partial charge in [0.1, 0.15) is 34.1 Å². The highest BCUT2D eigenvalue weighted by molar-refractivity contribution is 6.39. The largest absolute Gasteiger partial charge is 0.444 e. The fraction of sp³-hybridized carbons (Fsp3) is 0.600. The number of rotatable bonds is 10. The Labute approximate surface area is 420 Å². The summed E-state index contributed by atoms with van der Waals surface area (Å²) in [7, 11) is 3.59. The smallest absolute Gasteiger partial charge is 0.410 e. The summed E-state index contributed by atoms with van der Waals surface area (Å²) in [4.78, 5) is 27.6. The number of aliphatic hydroxyl groups is 1. The quantitative estimate of drug-likeness (QED) is 0.153. The molecule has 4 fully saturated rings. The molecule has 0 radical (unpaired) electrons. The highest BCUT2D eigenvalue weighted by atomic mass is 35.5. The van der Waals surface area contributed by atoms with Gasteiger partial charge >= 0.3 is 12.2 Å². The maximum absolute atomic E-state index is 12.4. The Hall–Kier alpha value is -3.23. The highest BCUT2D eigenvalue weighted by Gasteiger charge is 2.36. The first-order chi connectivity index (χ1) is 31.6. The van der Waals surface area contributed by atoms with E-state index in [2.05, 4.69) is 10.3 Å². The van der Waals surface area contributed by atoms with E-state index in [1.54, 1.807) is 47.2 Å². The summed E-state index contributed by atoms with van der Waals surface area (Å²) in [5, 5.41) is 20.1. The second-order valence-electron chi connectivity index (χ2n) is 20.0. The molecule has 2 amide bonds. The summed E-state index contributed by atoms with van der Waals surface area (Å²) in [5.74, 6) is 2.98. The van der Waals surface area contributed by atoms with Crippen molar-refractivity contribution in [1.29, 1.82) is 0 Å². The number of aromatic nitrogens is 2. The molecule has 0 aliphatic heterocycles. The number of aliphatic hydroxyl groups excluding tert-OH is 1. The van der Waals surface area contributed by atoms with Gasteiger partial charge in [-0.1, -0.05) is 68.8 Å². The van der Waals surface area contributed by atoms with Crippen LogP contribution in [0.15, 0.2) is 45.4 Å². The first-order valence-electron chi connectivity index (χ1n) is 23.3.